The number of benzene rings is 1. The van der Waals surface area contributed by atoms with Crippen molar-refractivity contribution in [1.82, 2.24) is 14.9 Å². The van der Waals surface area contributed by atoms with E-state index >= 15 is 0 Å². The zero-order valence-electron chi connectivity index (χ0n) is 16.3. The van der Waals surface area contributed by atoms with Gasteiger partial charge in [-0.3, -0.25) is 0 Å². The summed E-state index contributed by atoms with van der Waals surface area (Å²) in [6, 6.07) is 11.9. The summed E-state index contributed by atoms with van der Waals surface area (Å²) in [5.41, 5.74) is 0.872. The van der Waals surface area contributed by atoms with Crippen molar-refractivity contribution in [3.8, 4) is 11.1 Å². The van der Waals surface area contributed by atoms with Crippen LogP contribution in [0.25, 0.3) is 22.0 Å². The second-order valence-electron chi connectivity index (χ2n) is 7.23. The first-order valence-corrected chi connectivity index (χ1v) is 9.87. The highest BCUT2D eigenvalue weighted by atomic mass is 19.4. The number of fused-ring (bicyclic) bond motifs is 1. The molecule has 2 aromatic heterocycles. The molecule has 152 valence electrons. The minimum Gasteiger partial charge on any atom is -0.355 e. The summed E-state index contributed by atoms with van der Waals surface area (Å²) < 4.78 is 40.0. The van der Waals surface area contributed by atoms with Crippen LogP contribution in [0.1, 0.15) is 19.0 Å². The number of hydrogen-bond acceptors (Lipinski definition) is 4. The molecule has 7 heteroatoms. The lowest BCUT2D eigenvalue weighted by molar-refractivity contribution is -0.140. The average molecular weight is 400 g/mol. The summed E-state index contributed by atoms with van der Waals surface area (Å²) in [4.78, 5) is 13.3. The first-order chi connectivity index (χ1) is 14.0. The molecule has 1 saturated heterocycles. The average Bonchev–Trinajstić information content (AvgIpc) is 2.98. The molecule has 4 rings (SSSR count). The first kappa shape index (κ1) is 19.6. The predicted octanol–water partition coefficient (Wildman–Crippen LogP) is 4.85. The number of nitrogens with zero attached hydrogens (tertiary/aromatic N) is 4. The number of hydrogen-bond donors (Lipinski definition) is 0. The van der Waals surface area contributed by atoms with Gasteiger partial charge in [0.15, 0.2) is 0 Å². The van der Waals surface area contributed by atoms with Crippen LogP contribution in [0.2, 0.25) is 0 Å². The van der Waals surface area contributed by atoms with Crippen LogP contribution in [-0.2, 0) is 6.18 Å². The topological polar surface area (TPSA) is 32.3 Å². The van der Waals surface area contributed by atoms with Gasteiger partial charge in [-0.1, -0.05) is 37.3 Å². The Morgan fingerprint density at radius 3 is 2.48 bits per heavy atom. The van der Waals surface area contributed by atoms with Crippen molar-refractivity contribution < 1.29 is 13.2 Å². The van der Waals surface area contributed by atoms with E-state index in [-0.39, 0.29) is 0 Å². The van der Waals surface area contributed by atoms with Gasteiger partial charge in [0.2, 0.25) is 0 Å². The SMILES string of the molecule is CCN1CCCN(c2ncc(-c3ccccc3)c3nc(C(F)(F)F)ccc23)CC1. The monoisotopic (exact) mass is 400 g/mol. The van der Waals surface area contributed by atoms with Gasteiger partial charge in [-0.05, 0) is 37.2 Å². The van der Waals surface area contributed by atoms with Crippen molar-refractivity contribution in [2.24, 2.45) is 0 Å². The standard InChI is InChI=1S/C22H23F3N4/c1-2-28-11-6-12-29(14-13-28)21-17-9-10-19(22(23,24)25)27-20(17)18(15-26-21)16-7-4-3-5-8-16/h3-5,7-10,15H,2,6,11-14H2,1H3. The number of rotatable bonds is 3. The molecule has 0 bridgehead atoms. The van der Waals surface area contributed by atoms with Crippen LogP contribution in [0.15, 0.2) is 48.7 Å². The number of pyridine rings is 2. The van der Waals surface area contributed by atoms with Gasteiger partial charge < -0.3 is 9.80 Å². The van der Waals surface area contributed by atoms with Gasteiger partial charge >= 0.3 is 6.18 Å². The molecule has 0 amide bonds. The Morgan fingerprint density at radius 2 is 1.76 bits per heavy atom. The van der Waals surface area contributed by atoms with E-state index in [2.05, 4.69) is 26.7 Å². The normalized spacial score (nSPS) is 16.2. The molecule has 3 heterocycles. The molecular formula is C22H23F3N4. The zero-order valence-corrected chi connectivity index (χ0v) is 16.3. The van der Waals surface area contributed by atoms with Crippen LogP contribution < -0.4 is 4.90 Å². The van der Waals surface area contributed by atoms with E-state index in [1.54, 1.807) is 6.20 Å². The number of anilines is 1. The van der Waals surface area contributed by atoms with Crippen molar-refractivity contribution in [2.75, 3.05) is 37.6 Å². The highest BCUT2D eigenvalue weighted by molar-refractivity contribution is 5.99. The van der Waals surface area contributed by atoms with E-state index in [4.69, 9.17) is 0 Å². The van der Waals surface area contributed by atoms with Gasteiger partial charge in [0.1, 0.15) is 11.5 Å². The third kappa shape index (κ3) is 4.05. The Kier molecular flexibility index (Phi) is 5.41. The van der Waals surface area contributed by atoms with Crippen LogP contribution >= 0.6 is 0 Å². The second-order valence-corrected chi connectivity index (χ2v) is 7.23. The fraction of sp³-hybridized carbons (Fsp3) is 0.364. The smallest absolute Gasteiger partial charge is 0.355 e. The van der Waals surface area contributed by atoms with Gasteiger partial charge in [0.25, 0.3) is 0 Å². The van der Waals surface area contributed by atoms with Gasteiger partial charge in [-0.15, -0.1) is 0 Å². The molecule has 1 fully saturated rings. The molecule has 0 unspecified atom stereocenters. The molecule has 1 aromatic carbocycles. The van der Waals surface area contributed by atoms with Crippen molar-refractivity contribution in [2.45, 2.75) is 19.5 Å². The Bertz CT molecular complexity index is 989. The van der Waals surface area contributed by atoms with Gasteiger partial charge in [0.05, 0.1) is 5.52 Å². The Hall–Kier alpha value is -2.67. The van der Waals surface area contributed by atoms with E-state index in [1.165, 1.54) is 6.07 Å². The van der Waals surface area contributed by atoms with Crippen LogP contribution in [0.4, 0.5) is 19.0 Å². The zero-order chi connectivity index (χ0) is 20.4. The largest absolute Gasteiger partial charge is 0.433 e. The summed E-state index contributed by atoms with van der Waals surface area (Å²) in [5, 5.41) is 0.657. The van der Waals surface area contributed by atoms with Gasteiger partial charge in [-0.2, -0.15) is 13.2 Å². The van der Waals surface area contributed by atoms with Crippen molar-refractivity contribution in [3.63, 3.8) is 0 Å². The molecule has 0 aliphatic carbocycles. The highest BCUT2D eigenvalue weighted by Crippen LogP contribution is 2.35. The molecule has 0 spiro atoms. The third-order valence-corrected chi connectivity index (χ3v) is 5.42. The van der Waals surface area contributed by atoms with Crippen LogP contribution in [0, 0.1) is 0 Å². The van der Waals surface area contributed by atoms with Crippen LogP contribution in [0.3, 0.4) is 0 Å². The Labute approximate surface area is 168 Å². The molecule has 4 nitrogen and oxygen atoms in total. The van der Waals surface area contributed by atoms with E-state index < -0.39 is 11.9 Å². The molecule has 0 atom stereocenters. The predicted molar refractivity (Wildman–Crippen MR) is 109 cm³/mol. The second kappa shape index (κ2) is 7.99. The molecule has 1 aliphatic rings. The van der Waals surface area contributed by atoms with E-state index in [9.17, 15) is 13.2 Å². The molecule has 29 heavy (non-hydrogen) atoms. The van der Waals surface area contributed by atoms with Crippen molar-refractivity contribution >= 4 is 16.7 Å². The number of halogens is 3. The van der Waals surface area contributed by atoms with Crippen molar-refractivity contribution in [3.05, 3.63) is 54.4 Å². The molecule has 1 aliphatic heterocycles. The van der Waals surface area contributed by atoms with Crippen LogP contribution in [-0.4, -0.2) is 47.6 Å². The van der Waals surface area contributed by atoms with Gasteiger partial charge in [-0.25, -0.2) is 9.97 Å². The molecule has 3 aromatic rings. The Morgan fingerprint density at radius 1 is 0.966 bits per heavy atom. The minimum atomic E-state index is -4.49. The maximum Gasteiger partial charge on any atom is 0.433 e. The quantitative estimate of drug-likeness (QED) is 0.629. The number of likely N-dealkylation sites (N-methyl/N-ethyl adjacent to an activating group) is 1. The summed E-state index contributed by atoms with van der Waals surface area (Å²) >= 11 is 0. The lowest BCUT2D eigenvalue weighted by Gasteiger charge is -2.24. The van der Waals surface area contributed by atoms with Gasteiger partial charge in [0, 0.05) is 36.8 Å². The molecule has 0 N–H and O–H groups in total. The maximum atomic E-state index is 13.3. The highest BCUT2D eigenvalue weighted by Gasteiger charge is 2.33. The minimum absolute atomic E-state index is 0.340. The van der Waals surface area contributed by atoms with E-state index in [0.717, 1.165) is 50.8 Å². The summed E-state index contributed by atoms with van der Waals surface area (Å²) in [7, 11) is 0. The summed E-state index contributed by atoms with van der Waals surface area (Å²) in [6.07, 6.45) is -1.84. The van der Waals surface area contributed by atoms with Crippen molar-refractivity contribution in [1.29, 1.82) is 0 Å². The van der Waals surface area contributed by atoms with Crippen LogP contribution in [0.5, 0.6) is 0 Å². The summed E-state index contributed by atoms with van der Waals surface area (Å²) in [6.45, 7) is 6.68. The fourth-order valence-electron chi connectivity index (χ4n) is 3.84. The maximum absolute atomic E-state index is 13.3. The van der Waals surface area contributed by atoms with E-state index in [0.29, 0.717) is 22.3 Å². The molecular weight excluding hydrogens is 377 g/mol. The molecule has 0 radical (unpaired) electrons. The lowest BCUT2D eigenvalue weighted by Crippen LogP contribution is -2.31. The first-order valence-electron chi connectivity index (χ1n) is 9.87. The summed E-state index contributed by atoms with van der Waals surface area (Å²) in [5.74, 6) is 0.707. The fourth-order valence-corrected chi connectivity index (χ4v) is 3.84. The Balaban J connectivity index is 1.85. The number of aromatic nitrogens is 2. The lowest BCUT2D eigenvalue weighted by atomic mass is 10.0. The molecule has 0 saturated carbocycles. The third-order valence-electron chi connectivity index (χ3n) is 5.42. The van der Waals surface area contributed by atoms with E-state index in [1.807, 2.05) is 30.3 Å². The number of alkyl halides is 3.